The van der Waals surface area contributed by atoms with Gasteiger partial charge in [0.25, 0.3) is 5.91 Å². The zero-order valence-electron chi connectivity index (χ0n) is 17.3. The number of thiocarbonyl (C=S) groups is 1. The lowest BCUT2D eigenvalue weighted by atomic mass is 9.75. The van der Waals surface area contributed by atoms with E-state index in [1.54, 1.807) is 4.90 Å². The standard InChI is InChI=1S/C23H26N2OS3/c1-5-24-17-9-7-8-10-18(17)28-19(24)12-15-11-16(14-23(3,4)13-15)20-21(26)25(6-2)22(27)29-20/h7-12H,5-6,13-14H2,1-4H3. The lowest BCUT2D eigenvalue weighted by Crippen LogP contribution is -2.28. The van der Waals surface area contributed by atoms with Crippen LogP contribution < -0.4 is 4.90 Å². The van der Waals surface area contributed by atoms with Crippen molar-refractivity contribution in [1.29, 1.82) is 0 Å². The van der Waals surface area contributed by atoms with Gasteiger partial charge in [-0.15, -0.1) is 0 Å². The summed E-state index contributed by atoms with van der Waals surface area (Å²) in [7, 11) is 0. The first kappa shape index (κ1) is 20.8. The zero-order chi connectivity index (χ0) is 20.8. The van der Waals surface area contributed by atoms with Crippen molar-refractivity contribution < 1.29 is 4.79 Å². The summed E-state index contributed by atoms with van der Waals surface area (Å²) in [6.07, 6.45) is 6.45. The fraction of sp³-hybridized carbons (Fsp3) is 0.391. The van der Waals surface area contributed by atoms with Crippen molar-refractivity contribution in [3.63, 3.8) is 0 Å². The van der Waals surface area contributed by atoms with Gasteiger partial charge in [0.05, 0.1) is 15.6 Å². The van der Waals surface area contributed by atoms with Gasteiger partial charge >= 0.3 is 0 Å². The van der Waals surface area contributed by atoms with E-state index in [-0.39, 0.29) is 11.3 Å². The summed E-state index contributed by atoms with van der Waals surface area (Å²) < 4.78 is 0.677. The molecule has 0 aromatic heterocycles. The van der Waals surface area contributed by atoms with Crippen molar-refractivity contribution in [3.8, 4) is 0 Å². The Hall–Kier alpha value is -1.50. The number of thioether (sulfide) groups is 2. The third kappa shape index (κ3) is 3.94. The number of benzene rings is 1. The van der Waals surface area contributed by atoms with E-state index in [0.717, 1.165) is 29.9 Å². The fourth-order valence-electron chi connectivity index (χ4n) is 4.21. The SMILES string of the molecule is CCN1C(=O)C(=C2C=C(C=C3Sc4ccccc4N3CC)CC(C)(C)C2)SC1=S. The summed E-state index contributed by atoms with van der Waals surface area (Å²) in [6.45, 7) is 10.3. The van der Waals surface area contributed by atoms with E-state index in [1.165, 1.54) is 32.9 Å². The van der Waals surface area contributed by atoms with Crippen LogP contribution in [0.4, 0.5) is 5.69 Å². The van der Waals surface area contributed by atoms with Crippen molar-refractivity contribution in [2.45, 2.75) is 45.4 Å². The number of anilines is 1. The van der Waals surface area contributed by atoms with Crippen molar-refractivity contribution in [3.05, 3.63) is 57.5 Å². The van der Waals surface area contributed by atoms with Crippen LogP contribution in [0.5, 0.6) is 0 Å². The molecule has 0 saturated carbocycles. The molecular formula is C23H26N2OS3. The molecule has 152 valence electrons. The number of allylic oxidation sites excluding steroid dienone is 4. The van der Waals surface area contributed by atoms with Gasteiger partial charge in [-0.3, -0.25) is 9.69 Å². The monoisotopic (exact) mass is 442 g/mol. The van der Waals surface area contributed by atoms with Crippen LogP contribution in [0.15, 0.2) is 62.4 Å². The highest BCUT2D eigenvalue weighted by Gasteiger charge is 2.36. The summed E-state index contributed by atoms with van der Waals surface area (Å²) in [6, 6.07) is 8.57. The molecule has 3 nitrogen and oxygen atoms in total. The minimum absolute atomic E-state index is 0.0660. The van der Waals surface area contributed by atoms with Gasteiger partial charge in [0.2, 0.25) is 0 Å². The van der Waals surface area contributed by atoms with Crippen molar-refractivity contribution in [1.82, 2.24) is 4.90 Å². The average molecular weight is 443 g/mol. The molecule has 1 saturated heterocycles. The van der Waals surface area contributed by atoms with Crippen LogP contribution in [0.2, 0.25) is 0 Å². The van der Waals surface area contributed by atoms with Gasteiger partial charge in [-0.1, -0.05) is 67.8 Å². The lowest BCUT2D eigenvalue weighted by molar-refractivity contribution is -0.122. The zero-order valence-corrected chi connectivity index (χ0v) is 19.8. The first-order valence-corrected chi connectivity index (χ1v) is 12.1. The van der Waals surface area contributed by atoms with E-state index in [9.17, 15) is 4.79 Å². The van der Waals surface area contributed by atoms with Crippen LogP contribution in [0.3, 0.4) is 0 Å². The van der Waals surface area contributed by atoms with Gasteiger partial charge in [-0.25, -0.2) is 0 Å². The highest BCUT2D eigenvalue weighted by molar-refractivity contribution is 8.26. The van der Waals surface area contributed by atoms with Gasteiger partial charge in [-0.2, -0.15) is 0 Å². The molecule has 2 heterocycles. The first-order chi connectivity index (χ1) is 13.8. The Kier molecular flexibility index (Phi) is 5.70. The number of carbonyl (C=O) groups is 1. The fourth-order valence-corrected chi connectivity index (χ4v) is 6.83. The molecule has 1 aromatic carbocycles. The largest absolute Gasteiger partial charge is 0.335 e. The average Bonchev–Trinajstić information content (AvgIpc) is 3.16. The van der Waals surface area contributed by atoms with Crippen LogP contribution >= 0.6 is 35.7 Å². The Bertz CT molecular complexity index is 974. The molecule has 0 bridgehead atoms. The van der Waals surface area contributed by atoms with E-state index in [1.807, 2.05) is 18.7 Å². The van der Waals surface area contributed by atoms with E-state index in [4.69, 9.17) is 12.2 Å². The second-order valence-electron chi connectivity index (χ2n) is 8.31. The molecule has 6 heteroatoms. The van der Waals surface area contributed by atoms with Crippen LogP contribution in [0.25, 0.3) is 0 Å². The first-order valence-electron chi connectivity index (χ1n) is 10.1. The van der Waals surface area contributed by atoms with Crippen molar-refractivity contribution in [2.24, 2.45) is 5.41 Å². The van der Waals surface area contributed by atoms with Gasteiger partial charge < -0.3 is 4.90 Å². The molecular weight excluding hydrogens is 416 g/mol. The van der Waals surface area contributed by atoms with E-state index in [0.29, 0.717) is 10.9 Å². The normalized spacial score (nSPS) is 25.1. The summed E-state index contributed by atoms with van der Waals surface area (Å²) in [4.78, 5) is 19.1. The summed E-state index contributed by atoms with van der Waals surface area (Å²) in [5.74, 6) is 0.0660. The Morgan fingerprint density at radius 2 is 1.83 bits per heavy atom. The van der Waals surface area contributed by atoms with Crippen molar-refractivity contribution in [2.75, 3.05) is 18.0 Å². The Labute approximate surface area is 187 Å². The topological polar surface area (TPSA) is 23.6 Å². The highest BCUT2D eigenvalue weighted by Crippen LogP contribution is 2.48. The third-order valence-corrected chi connectivity index (χ3v) is 8.05. The number of nitrogens with zero attached hydrogens (tertiary/aromatic N) is 2. The number of likely N-dealkylation sites (N-methyl/N-ethyl adjacent to an activating group) is 1. The van der Waals surface area contributed by atoms with Gasteiger partial charge in [-0.05, 0) is 61.5 Å². The quantitative estimate of drug-likeness (QED) is 0.401. The summed E-state index contributed by atoms with van der Waals surface area (Å²) in [5, 5.41) is 1.26. The molecule has 1 aliphatic carbocycles. The number of hydrogen-bond acceptors (Lipinski definition) is 5. The number of carbonyl (C=O) groups excluding carboxylic acids is 1. The van der Waals surface area contributed by atoms with Crippen LogP contribution in [-0.4, -0.2) is 28.2 Å². The number of hydrogen-bond donors (Lipinski definition) is 0. The Morgan fingerprint density at radius 1 is 1.10 bits per heavy atom. The van der Waals surface area contributed by atoms with Gasteiger partial charge in [0.1, 0.15) is 4.32 Å². The molecule has 1 amide bonds. The Balaban J connectivity index is 1.73. The minimum atomic E-state index is 0.0660. The van der Waals surface area contributed by atoms with Gasteiger partial charge in [0, 0.05) is 18.0 Å². The second kappa shape index (κ2) is 7.97. The second-order valence-corrected chi connectivity index (χ2v) is 11.0. The molecule has 0 radical (unpaired) electrons. The smallest absolute Gasteiger partial charge is 0.266 e. The molecule has 0 spiro atoms. The molecule has 29 heavy (non-hydrogen) atoms. The number of amides is 1. The predicted molar refractivity (Wildman–Crippen MR) is 129 cm³/mol. The molecule has 4 rings (SSSR count). The van der Waals surface area contributed by atoms with Crippen molar-refractivity contribution >= 4 is 51.7 Å². The predicted octanol–water partition coefficient (Wildman–Crippen LogP) is 6.34. The molecule has 3 aliphatic rings. The van der Waals surface area contributed by atoms with E-state index in [2.05, 4.69) is 62.1 Å². The van der Waals surface area contributed by atoms with Crippen LogP contribution in [0.1, 0.15) is 40.5 Å². The highest BCUT2D eigenvalue weighted by atomic mass is 32.2. The van der Waals surface area contributed by atoms with Gasteiger partial charge in [0.15, 0.2) is 0 Å². The number of rotatable bonds is 3. The maximum atomic E-state index is 12.9. The molecule has 1 fully saturated rings. The lowest BCUT2D eigenvalue weighted by Gasteiger charge is -2.31. The maximum absolute atomic E-state index is 12.9. The molecule has 0 unspecified atom stereocenters. The van der Waals surface area contributed by atoms with E-state index < -0.39 is 0 Å². The number of fused-ring (bicyclic) bond motifs is 1. The minimum Gasteiger partial charge on any atom is -0.335 e. The molecule has 1 aromatic rings. The maximum Gasteiger partial charge on any atom is 0.266 e. The van der Waals surface area contributed by atoms with Crippen LogP contribution in [0, 0.1) is 5.41 Å². The molecule has 2 aliphatic heterocycles. The Morgan fingerprint density at radius 3 is 2.52 bits per heavy atom. The summed E-state index contributed by atoms with van der Waals surface area (Å²) >= 11 is 8.72. The third-order valence-electron chi connectivity index (χ3n) is 5.43. The summed E-state index contributed by atoms with van der Waals surface area (Å²) in [5.41, 5.74) is 3.81. The molecule has 0 atom stereocenters. The molecule has 0 N–H and O–H groups in total. The van der Waals surface area contributed by atoms with E-state index >= 15 is 0 Å². The number of para-hydroxylation sites is 1. The van der Waals surface area contributed by atoms with Crippen LogP contribution in [-0.2, 0) is 4.79 Å².